The first-order valence-corrected chi connectivity index (χ1v) is 5.72. The number of aromatic nitrogens is 1. The van der Waals surface area contributed by atoms with Crippen LogP contribution in [0.15, 0.2) is 30.5 Å². The molecular weight excluding hydrogens is 224 g/mol. The molecule has 1 aromatic carbocycles. The van der Waals surface area contributed by atoms with Gasteiger partial charge < -0.3 is 4.74 Å². The largest absolute Gasteiger partial charge is 0.438 e. The fourth-order valence-electron chi connectivity index (χ4n) is 1.64. The van der Waals surface area contributed by atoms with E-state index in [1.165, 1.54) is 5.56 Å². The zero-order valence-electron chi connectivity index (χ0n) is 10.7. The molecular formula is C15H14N2O. The van der Waals surface area contributed by atoms with Crippen LogP contribution in [0.1, 0.15) is 22.3 Å². The van der Waals surface area contributed by atoms with Crippen molar-refractivity contribution in [1.82, 2.24) is 4.98 Å². The highest BCUT2D eigenvalue weighted by atomic mass is 16.5. The maximum absolute atomic E-state index is 9.11. The first kappa shape index (κ1) is 12.1. The first-order chi connectivity index (χ1) is 8.61. The van der Waals surface area contributed by atoms with Gasteiger partial charge in [-0.15, -0.1) is 0 Å². The van der Waals surface area contributed by atoms with E-state index in [0.29, 0.717) is 17.2 Å². The number of pyridine rings is 1. The van der Waals surface area contributed by atoms with Crippen LogP contribution in [0.3, 0.4) is 0 Å². The predicted octanol–water partition coefficient (Wildman–Crippen LogP) is 3.67. The summed E-state index contributed by atoms with van der Waals surface area (Å²) in [5.74, 6) is 1.06. The Kier molecular flexibility index (Phi) is 3.29. The highest BCUT2D eigenvalue weighted by Crippen LogP contribution is 2.25. The molecule has 0 saturated heterocycles. The molecule has 2 aromatic rings. The van der Waals surface area contributed by atoms with Gasteiger partial charge in [0.15, 0.2) is 0 Å². The topological polar surface area (TPSA) is 45.9 Å². The summed E-state index contributed by atoms with van der Waals surface area (Å²) in [6.07, 6.45) is 1.65. The number of nitriles is 1. The van der Waals surface area contributed by atoms with Gasteiger partial charge in [0.1, 0.15) is 17.4 Å². The van der Waals surface area contributed by atoms with Gasteiger partial charge in [0.25, 0.3) is 0 Å². The van der Waals surface area contributed by atoms with E-state index < -0.39 is 0 Å². The lowest BCUT2D eigenvalue weighted by Gasteiger charge is -2.09. The van der Waals surface area contributed by atoms with Gasteiger partial charge >= 0.3 is 0 Å². The van der Waals surface area contributed by atoms with Crippen molar-refractivity contribution in [1.29, 1.82) is 5.26 Å². The minimum absolute atomic E-state index is 0.362. The lowest BCUT2D eigenvalue weighted by atomic mass is 10.1. The molecule has 0 saturated carbocycles. The molecule has 2 rings (SSSR count). The van der Waals surface area contributed by atoms with E-state index in [1.54, 1.807) is 12.3 Å². The van der Waals surface area contributed by atoms with Crippen molar-refractivity contribution in [3.8, 4) is 17.7 Å². The lowest BCUT2D eigenvalue weighted by Crippen LogP contribution is -1.94. The van der Waals surface area contributed by atoms with Crippen LogP contribution in [0.4, 0.5) is 0 Å². The summed E-state index contributed by atoms with van der Waals surface area (Å²) in [4.78, 5) is 4.11. The monoisotopic (exact) mass is 238 g/mol. The van der Waals surface area contributed by atoms with Crippen LogP contribution in [-0.4, -0.2) is 4.98 Å². The van der Waals surface area contributed by atoms with Crippen molar-refractivity contribution in [2.24, 2.45) is 0 Å². The van der Waals surface area contributed by atoms with Gasteiger partial charge in [0.05, 0.1) is 0 Å². The summed E-state index contributed by atoms with van der Waals surface area (Å²) in [5.41, 5.74) is 3.71. The van der Waals surface area contributed by atoms with Crippen molar-refractivity contribution in [3.05, 3.63) is 52.7 Å². The highest BCUT2D eigenvalue weighted by molar-refractivity contribution is 5.46. The number of aryl methyl sites for hydroxylation is 3. The molecule has 0 aliphatic heterocycles. The summed E-state index contributed by atoms with van der Waals surface area (Å²) in [7, 11) is 0. The molecule has 3 heteroatoms. The molecule has 1 heterocycles. The van der Waals surface area contributed by atoms with Crippen molar-refractivity contribution >= 4 is 0 Å². The highest BCUT2D eigenvalue weighted by Gasteiger charge is 2.09. The molecule has 0 radical (unpaired) electrons. The average Bonchev–Trinajstić information content (AvgIpc) is 2.34. The van der Waals surface area contributed by atoms with Crippen molar-refractivity contribution in [2.75, 3.05) is 0 Å². The molecule has 0 unspecified atom stereocenters. The maximum Gasteiger partial charge on any atom is 0.237 e. The molecule has 0 amide bonds. The van der Waals surface area contributed by atoms with Gasteiger partial charge in [0, 0.05) is 6.20 Å². The molecule has 0 bridgehead atoms. The van der Waals surface area contributed by atoms with E-state index in [2.05, 4.69) is 11.1 Å². The maximum atomic E-state index is 9.11. The van der Waals surface area contributed by atoms with Gasteiger partial charge in [-0.3, -0.25) is 0 Å². The molecule has 0 atom stereocenters. The van der Waals surface area contributed by atoms with E-state index in [4.69, 9.17) is 10.00 Å². The Balaban J connectivity index is 2.37. The second-order valence-corrected chi connectivity index (χ2v) is 4.27. The zero-order valence-corrected chi connectivity index (χ0v) is 10.7. The molecule has 0 spiro atoms. The Labute approximate surface area is 107 Å². The molecule has 90 valence electrons. The molecule has 18 heavy (non-hydrogen) atoms. The minimum atomic E-state index is 0.362. The molecule has 3 nitrogen and oxygen atoms in total. The minimum Gasteiger partial charge on any atom is -0.438 e. The van der Waals surface area contributed by atoms with Gasteiger partial charge in [-0.2, -0.15) is 5.26 Å². The van der Waals surface area contributed by atoms with Gasteiger partial charge in [0.2, 0.25) is 5.88 Å². The zero-order chi connectivity index (χ0) is 13.1. The Hall–Kier alpha value is -2.34. The summed E-state index contributed by atoms with van der Waals surface area (Å²) < 4.78 is 5.68. The van der Waals surface area contributed by atoms with E-state index >= 15 is 0 Å². The lowest BCUT2D eigenvalue weighted by molar-refractivity contribution is 0.460. The Morgan fingerprint density at radius 2 is 1.83 bits per heavy atom. The average molecular weight is 238 g/mol. The fourth-order valence-corrected chi connectivity index (χ4v) is 1.64. The molecule has 0 aliphatic rings. The Morgan fingerprint density at radius 3 is 2.50 bits per heavy atom. The smallest absolute Gasteiger partial charge is 0.237 e. The molecule has 0 aliphatic carbocycles. The summed E-state index contributed by atoms with van der Waals surface area (Å²) in [5, 5.41) is 9.11. The van der Waals surface area contributed by atoms with E-state index in [0.717, 1.165) is 11.1 Å². The quantitative estimate of drug-likeness (QED) is 0.801. The van der Waals surface area contributed by atoms with Gasteiger partial charge in [-0.1, -0.05) is 6.07 Å². The third-order valence-electron chi connectivity index (χ3n) is 2.93. The van der Waals surface area contributed by atoms with Crippen LogP contribution in [0.5, 0.6) is 11.6 Å². The summed E-state index contributed by atoms with van der Waals surface area (Å²) in [6, 6.07) is 9.74. The van der Waals surface area contributed by atoms with E-state index in [1.807, 2.05) is 39.0 Å². The number of rotatable bonds is 2. The second kappa shape index (κ2) is 4.89. The van der Waals surface area contributed by atoms with E-state index in [9.17, 15) is 0 Å². The molecule has 1 aromatic heterocycles. The first-order valence-electron chi connectivity index (χ1n) is 5.72. The van der Waals surface area contributed by atoms with Gasteiger partial charge in [-0.05, 0) is 55.7 Å². The van der Waals surface area contributed by atoms with Crippen molar-refractivity contribution < 1.29 is 4.74 Å². The van der Waals surface area contributed by atoms with E-state index in [-0.39, 0.29) is 0 Å². The SMILES string of the molecule is Cc1ccc(Oc2nccc(C)c2C#N)cc1C. The van der Waals surface area contributed by atoms with Crippen molar-refractivity contribution in [3.63, 3.8) is 0 Å². The third kappa shape index (κ3) is 2.33. The Morgan fingerprint density at radius 1 is 1.06 bits per heavy atom. The van der Waals surface area contributed by atoms with Crippen LogP contribution >= 0.6 is 0 Å². The summed E-state index contributed by atoms with van der Waals surface area (Å²) in [6.45, 7) is 5.94. The van der Waals surface area contributed by atoms with Crippen LogP contribution in [-0.2, 0) is 0 Å². The number of hydrogen-bond donors (Lipinski definition) is 0. The number of hydrogen-bond acceptors (Lipinski definition) is 3. The standard InChI is InChI=1S/C15H14N2O/c1-10-4-5-13(8-12(10)3)18-15-14(9-16)11(2)6-7-17-15/h4-8H,1-3H3. The summed E-state index contributed by atoms with van der Waals surface area (Å²) >= 11 is 0. The number of ether oxygens (including phenoxy) is 1. The second-order valence-electron chi connectivity index (χ2n) is 4.27. The fraction of sp³-hybridized carbons (Fsp3) is 0.200. The Bertz CT molecular complexity index is 627. The molecule has 0 N–H and O–H groups in total. The number of benzene rings is 1. The predicted molar refractivity (Wildman–Crippen MR) is 69.7 cm³/mol. The van der Waals surface area contributed by atoms with Crippen LogP contribution in [0, 0.1) is 32.1 Å². The van der Waals surface area contributed by atoms with Crippen molar-refractivity contribution in [2.45, 2.75) is 20.8 Å². The number of nitrogens with zero attached hydrogens (tertiary/aromatic N) is 2. The van der Waals surface area contributed by atoms with Gasteiger partial charge in [-0.25, -0.2) is 4.98 Å². The third-order valence-corrected chi connectivity index (χ3v) is 2.93. The van der Waals surface area contributed by atoms with Crippen LogP contribution in [0.25, 0.3) is 0 Å². The molecule has 0 fully saturated rings. The normalized spacial score (nSPS) is 9.89. The van der Waals surface area contributed by atoms with Crippen LogP contribution in [0.2, 0.25) is 0 Å². The van der Waals surface area contributed by atoms with Crippen LogP contribution < -0.4 is 4.74 Å².